The Balaban J connectivity index is 0.000000241. The minimum absolute atomic E-state index is 0.0381. The first-order chi connectivity index (χ1) is 30.5. The Morgan fingerprint density at radius 3 is 1.62 bits per heavy atom. The Bertz CT molecular complexity index is 2440. The summed E-state index contributed by atoms with van der Waals surface area (Å²) in [4.78, 5) is 29.7. The van der Waals surface area contributed by atoms with Gasteiger partial charge in [-0.15, -0.1) is 11.3 Å². The van der Waals surface area contributed by atoms with Gasteiger partial charge in [-0.05, 0) is 55.1 Å². The number of aliphatic hydroxyl groups excluding tert-OH is 1. The second-order valence-electron chi connectivity index (χ2n) is 17.5. The quantitative estimate of drug-likeness (QED) is 0.0724. The highest BCUT2D eigenvalue weighted by atomic mass is 32.2. The van der Waals surface area contributed by atoms with Gasteiger partial charge in [0, 0.05) is 36.7 Å². The number of esters is 1. The number of nitrogens with zero attached hydrogens (tertiary/aromatic N) is 1. The maximum absolute atomic E-state index is 13.6. The molecule has 1 saturated heterocycles. The largest absolute Gasteiger partial charge is 0.464 e. The van der Waals surface area contributed by atoms with Gasteiger partial charge >= 0.3 is 5.97 Å². The van der Waals surface area contributed by atoms with E-state index in [4.69, 9.17) is 13.6 Å². The van der Waals surface area contributed by atoms with Crippen molar-refractivity contribution >= 4 is 81.4 Å². The fourth-order valence-electron chi connectivity index (χ4n) is 8.14. The van der Waals surface area contributed by atoms with Gasteiger partial charge in [0.2, 0.25) is 0 Å². The molecule has 0 spiro atoms. The fraction of sp³-hybridized carbons (Fsp3) is 0.286. The van der Waals surface area contributed by atoms with Crippen molar-refractivity contribution in [1.29, 1.82) is 0 Å². The van der Waals surface area contributed by atoms with Crippen LogP contribution in [0.1, 0.15) is 54.4 Å². The standard InChI is InChI=1S/C29H33N3O5S2Si.C20H24O3Si/c1-29(2,3)40(24-10-6-4-7-11-24,25-12-8-5-9-13-25)37-26(18-20-33)27(34)31-22-14-16-23(17-15-22)39(35,36)32-28-30-19-21-38-28;1-20(2,3)24(16-10-6-4-7-11-16,17-12-8-5-9-13-17)23-18-14-15-22-19(18)21/h4-17,19,21,26,33H,18,20H2,1-3H3,(H,30,32)(H,31,34);4-13,18H,14-15H2,1-3H3/t26-;18-/m00/s1. The van der Waals surface area contributed by atoms with E-state index in [0.717, 1.165) is 10.4 Å². The van der Waals surface area contributed by atoms with Crippen LogP contribution in [0.5, 0.6) is 0 Å². The Labute approximate surface area is 383 Å². The highest BCUT2D eigenvalue weighted by Gasteiger charge is 2.54. The number of aliphatic hydroxyl groups is 1. The molecule has 2 heterocycles. The van der Waals surface area contributed by atoms with E-state index in [1.807, 2.05) is 97.1 Å². The van der Waals surface area contributed by atoms with Gasteiger partial charge < -0.3 is 24.0 Å². The topological polar surface area (TPSA) is 153 Å². The predicted molar refractivity (Wildman–Crippen MR) is 260 cm³/mol. The minimum Gasteiger partial charge on any atom is -0.464 e. The summed E-state index contributed by atoms with van der Waals surface area (Å²) in [6.45, 7) is 13.2. The Kier molecular flexibility index (Phi) is 15.6. The molecule has 1 fully saturated rings. The molecule has 11 nitrogen and oxygen atoms in total. The average molecular weight is 936 g/mol. The lowest BCUT2D eigenvalue weighted by atomic mass is 10.2. The van der Waals surface area contributed by atoms with Crippen LogP contribution in [0.25, 0.3) is 0 Å². The molecule has 1 aliphatic rings. The van der Waals surface area contributed by atoms with E-state index >= 15 is 0 Å². The number of carbonyl (C=O) groups is 2. The zero-order valence-electron chi connectivity index (χ0n) is 37.1. The summed E-state index contributed by atoms with van der Waals surface area (Å²) in [6, 6.07) is 46.5. The zero-order valence-corrected chi connectivity index (χ0v) is 40.7. The first-order valence-electron chi connectivity index (χ1n) is 21.2. The fourth-order valence-corrected chi connectivity index (χ4v) is 19.3. The van der Waals surface area contributed by atoms with E-state index in [9.17, 15) is 23.1 Å². The van der Waals surface area contributed by atoms with Crippen LogP contribution >= 0.6 is 11.3 Å². The lowest BCUT2D eigenvalue weighted by Gasteiger charge is -2.44. The maximum Gasteiger partial charge on any atom is 0.334 e. The smallest absolute Gasteiger partial charge is 0.334 e. The number of benzene rings is 5. The van der Waals surface area contributed by atoms with Crippen LogP contribution < -0.4 is 30.8 Å². The van der Waals surface area contributed by atoms with Gasteiger partial charge in [-0.25, -0.2) is 18.2 Å². The molecular formula is C49H57N3O8S2Si2. The maximum atomic E-state index is 13.6. The van der Waals surface area contributed by atoms with Crippen LogP contribution in [0.3, 0.4) is 0 Å². The van der Waals surface area contributed by atoms with E-state index in [2.05, 4.69) is 80.8 Å². The number of rotatable bonds is 15. The SMILES string of the molecule is CC(C)(C)[Si](O[C@@H](CCO)C(=O)Nc1ccc(S(=O)(=O)Nc2nccs2)cc1)(c1ccccc1)c1ccccc1.CC(C)(C)[Si](O[C@H]1CCOC1=O)(c1ccccc1)c1ccccc1. The molecule has 1 aromatic heterocycles. The van der Waals surface area contributed by atoms with E-state index in [1.54, 1.807) is 5.38 Å². The number of sulfonamides is 1. The third kappa shape index (κ3) is 10.8. The van der Waals surface area contributed by atoms with Crippen LogP contribution in [0.4, 0.5) is 10.8 Å². The first kappa shape index (κ1) is 48.2. The van der Waals surface area contributed by atoms with Crippen molar-refractivity contribution in [2.24, 2.45) is 0 Å². The van der Waals surface area contributed by atoms with Crippen molar-refractivity contribution in [1.82, 2.24) is 4.98 Å². The summed E-state index contributed by atoms with van der Waals surface area (Å²) >= 11 is 1.18. The van der Waals surface area contributed by atoms with Gasteiger partial charge in [-0.3, -0.25) is 9.52 Å². The number of thiazole rings is 1. The molecule has 0 aliphatic carbocycles. The lowest BCUT2D eigenvalue weighted by Crippen LogP contribution is -2.68. The molecule has 0 unspecified atom stereocenters. The average Bonchev–Trinajstić information content (AvgIpc) is 3.95. The van der Waals surface area contributed by atoms with E-state index in [0.29, 0.717) is 18.7 Å². The minimum atomic E-state index is -3.82. The molecule has 0 saturated carbocycles. The molecule has 1 amide bonds. The van der Waals surface area contributed by atoms with Crippen molar-refractivity contribution in [2.45, 2.75) is 81.6 Å². The zero-order chi connectivity index (χ0) is 46.0. The van der Waals surface area contributed by atoms with Crippen LogP contribution in [0.15, 0.2) is 162 Å². The van der Waals surface area contributed by atoms with E-state index in [1.165, 1.54) is 52.2 Å². The van der Waals surface area contributed by atoms with Gasteiger partial charge in [0.15, 0.2) is 5.13 Å². The number of ether oxygens (including phenoxy) is 1. The number of hydrogen-bond donors (Lipinski definition) is 3. The van der Waals surface area contributed by atoms with Crippen molar-refractivity contribution < 1.29 is 36.7 Å². The lowest BCUT2D eigenvalue weighted by molar-refractivity contribution is -0.143. The highest BCUT2D eigenvalue weighted by molar-refractivity contribution is 7.93. The van der Waals surface area contributed by atoms with Gasteiger partial charge in [0.1, 0.15) is 12.2 Å². The van der Waals surface area contributed by atoms with Gasteiger partial charge in [0.25, 0.3) is 32.6 Å². The molecule has 15 heteroatoms. The van der Waals surface area contributed by atoms with Gasteiger partial charge in [-0.2, -0.15) is 0 Å². The van der Waals surface area contributed by atoms with Crippen molar-refractivity contribution in [3.63, 3.8) is 0 Å². The number of aromatic nitrogens is 1. The van der Waals surface area contributed by atoms with Crippen LogP contribution in [0, 0.1) is 0 Å². The Morgan fingerprint density at radius 2 is 1.23 bits per heavy atom. The van der Waals surface area contributed by atoms with Gasteiger partial charge in [0.05, 0.1) is 11.5 Å². The predicted octanol–water partition coefficient (Wildman–Crippen LogP) is 7.09. The molecule has 3 N–H and O–H groups in total. The summed E-state index contributed by atoms with van der Waals surface area (Å²) < 4.78 is 46.6. The highest BCUT2D eigenvalue weighted by Crippen LogP contribution is 2.39. The second-order valence-corrected chi connectivity index (χ2v) is 28.5. The molecule has 7 rings (SSSR count). The van der Waals surface area contributed by atoms with E-state index in [-0.39, 0.29) is 39.1 Å². The molecule has 5 aromatic carbocycles. The summed E-state index contributed by atoms with van der Waals surface area (Å²) in [5.74, 6) is -0.651. The molecule has 0 bridgehead atoms. The molecule has 6 aromatic rings. The molecule has 64 heavy (non-hydrogen) atoms. The number of amides is 1. The van der Waals surface area contributed by atoms with Gasteiger partial charge in [-0.1, -0.05) is 163 Å². The molecule has 2 atom stereocenters. The van der Waals surface area contributed by atoms with Crippen molar-refractivity contribution in [3.05, 3.63) is 157 Å². The second kappa shape index (κ2) is 20.7. The number of hydrogen-bond acceptors (Lipinski definition) is 10. The van der Waals surface area contributed by atoms with Crippen molar-refractivity contribution in [3.8, 4) is 0 Å². The number of carbonyl (C=O) groups excluding carboxylic acids is 2. The summed E-state index contributed by atoms with van der Waals surface area (Å²) in [5, 5.41) is 18.6. The normalized spacial score (nSPS) is 15.0. The van der Waals surface area contributed by atoms with E-state index < -0.39 is 44.8 Å². The Morgan fingerprint density at radius 1 is 0.766 bits per heavy atom. The van der Waals surface area contributed by atoms with Crippen LogP contribution in [-0.4, -0.2) is 72.4 Å². The first-order valence-corrected chi connectivity index (χ1v) is 27.4. The van der Waals surface area contributed by atoms with Crippen LogP contribution in [-0.2, 0) is 33.2 Å². The molecule has 336 valence electrons. The third-order valence-corrected chi connectivity index (χ3v) is 23.4. The number of anilines is 2. The monoisotopic (exact) mass is 935 g/mol. The number of cyclic esters (lactones) is 1. The molecular weight excluding hydrogens is 879 g/mol. The summed E-state index contributed by atoms with van der Waals surface area (Å²) in [6.07, 6.45) is 0.811. The molecule has 1 aliphatic heterocycles. The number of nitrogens with one attached hydrogen (secondary N) is 2. The third-order valence-electron chi connectivity index (χ3n) is 11.1. The van der Waals surface area contributed by atoms with Crippen molar-refractivity contribution in [2.75, 3.05) is 23.3 Å². The summed E-state index contributed by atoms with van der Waals surface area (Å²) in [7, 11) is -9.54. The Hall–Kier alpha value is -5.27. The molecule has 0 radical (unpaired) electrons. The summed E-state index contributed by atoms with van der Waals surface area (Å²) in [5.41, 5.74) is 0.409. The van der Waals surface area contributed by atoms with Crippen LogP contribution in [0.2, 0.25) is 10.1 Å².